The van der Waals surface area contributed by atoms with Gasteiger partial charge in [-0.3, -0.25) is 19.8 Å². The van der Waals surface area contributed by atoms with Crippen LogP contribution in [0.15, 0.2) is 58.7 Å². The number of halogens is 1. The number of nitrogens with zero attached hydrogens (tertiary/aromatic N) is 3. The van der Waals surface area contributed by atoms with Crippen molar-refractivity contribution in [3.8, 4) is 11.1 Å². The Morgan fingerprint density at radius 1 is 1.26 bits per heavy atom. The smallest absolute Gasteiger partial charge is 0.269 e. The van der Waals surface area contributed by atoms with Crippen LogP contribution < -0.4 is 5.56 Å². The van der Waals surface area contributed by atoms with Crippen LogP contribution in [0, 0.1) is 10.1 Å². The van der Waals surface area contributed by atoms with Crippen molar-refractivity contribution in [1.82, 2.24) is 14.9 Å². The maximum atomic E-state index is 12.9. The normalized spacial score (nSPS) is 12.4. The molecule has 2 heterocycles. The molecule has 0 aliphatic heterocycles. The molecule has 1 atom stereocenters. The Morgan fingerprint density at radius 2 is 2.00 bits per heavy atom. The molecule has 2 aromatic carbocycles. The summed E-state index contributed by atoms with van der Waals surface area (Å²) < 4.78 is 0. The van der Waals surface area contributed by atoms with Crippen LogP contribution in [0.3, 0.4) is 0 Å². The monoisotopic (exact) mass is 454 g/mol. The molecule has 4 aromatic rings. The van der Waals surface area contributed by atoms with Crippen LogP contribution in [0.2, 0.25) is 5.02 Å². The highest BCUT2D eigenvalue weighted by molar-refractivity contribution is 7.17. The number of nitro groups is 1. The molecular formula is C22H19ClN4O3S. The number of H-pyrrole nitrogens is 1. The molecule has 7 nitrogen and oxygen atoms in total. The molecular weight excluding hydrogens is 436 g/mol. The molecule has 0 saturated carbocycles. The Labute approximate surface area is 187 Å². The number of benzene rings is 2. The lowest BCUT2D eigenvalue weighted by Gasteiger charge is -2.24. The van der Waals surface area contributed by atoms with Gasteiger partial charge in [-0.05, 0) is 37.2 Å². The van der Waals surface area contributed by atoms with Gasteiger partial charge in [0.25, 0.3) is 11.2 Å². The van der Waals surface area contributed by atoms with Crippen LogP contribution in [0.1, 0.15) is 24.4 Å². The zero-order chi connectivity index (χ0) is 22.1. The van der Waals surface area contributed by atoms with Crippen molar-refractivity contribution in [3.05, 3.63) is 90.8 Å². The van der Waals surface area contributed by atoms with E-state index in [4.69, 9.17) is 11.6 Å². The van der Waals surface area contributed by atoms with Crippen molar-refractivity contribution in [1.29, 1.82) is 0 Å². The standard InChI is InChI=1S/C22H19ClN4O3S/c1-13(15-4-3-5-17(10-15)27(29)30)26(2)11-19-24-21(28)20-18(12-31-22(20)25-19)14-6-8-16(23)9-7-14/h3-10,12-13H,11H2,1-2H3,(H,24,25,28)/t13-/m1/s1. The van der Waals surface area contributed by atoms with E-state index in [0.717, 1.165) is 16.7 Å². The third-order valence-electron chi connectivity index (χ3n) is 5.27. The molecule has 0 unspecified atom stereocenters. The fraction of sp³-hybridized carbons (Fsp3) is 0.182. The van der Waals surface area contributed by atoms with Crippen molar-refractivity contribution in [2.45, 2.75) is 19.5 Å². The second kappa shape index (κ2) is 8.58. The fourth-order valence-corrected chi connectivity index (χ4v) is 4.53. The van der Waals surface area contributed by atoms with Crippen molar-refractivity contribution in [3.63, 3.8) is 0 Å². The average Bonchev–Trinajstić information content (AvgIpc) is 3.18. The molecule has 2 aromatic heterocycles. The number of non-ortho nitro benzene ring substituents is 1. The molecule has 0 bridgehead atoms. The van der Waals surface area contributed by atoms with Crippen LogP contribution in [0.4, 0.5) is 5.69 Å². The van der Waals surface area contributed by atoms with Crippen LogP contribution in [-0.2, 0) is 6.54 Å². The van der Waals surface area contributed by atoms with Crippen molar-refractivity contribution in [2.24, 2.45) is 0 Å². The van der Waals surface area contributed by atoms with E-state index in [1.54, 1.807) is 24.3 Å². The molecule has 0 aliphatic rings. The number of aromatic amines is 1. The minimum atomic E-state index is -0.405. The summed E-state index contributed by atoms with van der Waals surface area (Å²) in [5.74, 6) is 0.543. The number of thiophene rings is 1. The summed E-state index contributed by atoms with van der Waals surface area (Å²) in [6, 6.07) is 13.8. The minimum absolute atomic E-state index is 0.0546. The number of hydrogen-bond donors (Lipinski definition) is 1. The van der Waals surface area contributed by atoms with E-state index in [-0.39, 0.29) is 17.3 Å². The van der Waals surface area contributed by atoms with Crippen LogP contribution in [0.25, 0.3) is 21.3 Å². The van der Waals surface area contributed by atoms with E-state index in [9.17, 15) is 14.9 Å². The third-order valence-corrected chi connectivity index (χ3v) is 6.40. The van der Waals surface area contributed by atoms with E-state index in [1.807, 2.05) is 42.5 Å². The van der Waals surface area contributed by atoms with Gasteiger partial charge >= 0.3 is 0 Å². The predicted molar refractivity (Wildman–Crippen MR) is 124 cm³/mol. The summed E-state index contributed by atoms with van der Waals surface area (Å²) in [7, 11) is 1.89. The first-order valence-electron chi connectivity index (χ1n) is 9.54. The minimum Gasteiger partial charge on any atom is -0.309 e. The Kier molecular flexibility index (Phi) is 5.86. The topological polar surface area (TPSA) is 92.1 Å². The molecule has 0 fully saturated rings. The Bertz CT molecular complexity index is 1320. The van der Waals surface area contributed by atoms with Gasteiger partial charge in [0.1, 0.15) is 10.7 Å². The summed E-state index contributed by atoms with van der Waals surface area (Å²) in [5, 5.41) is 14.2. The Balaban J connectivity index is 1.60. The molecule has 31 heavy (non-hydrogen) atoms. The Hall–Kier alpha value is -3.07. The molecule has 158 valence electrons. The molecule has 0 radical (unpaired) electrons. The van der Waals surface area contributed by atoms with Crippen LogP contribution >= 0.6 is 22.9 Å². The van der Waals surface area contributed by atoms with Gasteiger partial charge in [0, 0.05) is 34.1 Å². The van der Waals surface area contributed by atoms with Gasteiger partial charge in [-0.25, -0.2) is 4.98 Å². The maximum absolute atomic E-state index is 12.9. The maximum Gasteiger partial charge on any atom is 0.269 e. The number of aromatic nitrogens is 2. The number of rotatable bonds is 6. The van der Waals surface area contributed by atoms with E-state index < -0.39 is 4.92 Å². The fourth-order valence-electron chi connectivity index (χ4n) is 3.44. The lowest BCUT2D eigenvalue weighted by molar-refractivity contribution is -0.384. The first-order chi connectivity index (χ1) is 14.8. The summed E-state index contributed by atoms with van der Waals surface area (Å²) in [4.78, 5) is 33.7. The van der Waals surface area contributed by atoms with Gasteiger partial charge in [-0.2, -0.15) is 0 Å². The van der Waals surface area contributed by atoms with E-state index in [0.29, 0.717) is 27.6 Å². The van der Waals surface area contributed by atoms with Gasteiger partial charge in [0.05, 0.1) is 16.9 Å². The first kappa shape index (κ1) is 21.2. The van der Waals surface area contributed by atoms with Gasteiger partial charge in [0.15, 0.2) is 0 Å². The zero-order valence-corrected chi connectivity index (χ0v) is 18.4. The zero-order valence-electron chi connectivity index (χ0n) is 16.8. The van der Waals surface area contributed by atoms with Crippen molar-refractivity contribution >= 4 is 38.8 Å². The lowest BCUT2D eigenvalue weighted by Crippen LogP contribution is -2.25. The number of fused-ring (bicyclic) bond motifs is 1. The van der Waals surface area contributed by atoms with E-state index >= 15 is 0 Å². The second-order valence-electron chi connectivity index (χ2n) is 7.29. The van der Waals surface area contributed by atoms with Gasteiger partial charge in [-0.1, -0.05) is 35.9 Å². The highest BCUT2D eigenvalue weighted by atomic mass is 35.5. The molecule has 1 N–H and O–H groups in total. The number of nitro benzene ring substituents is 1. The average molecular weight is 455 g/mol. The van der Waals surface area contributed by atoms with Gasteiger partial charge in [-0.15, -0.1) is 11.3 Å². The predicted octanol–water partition coefficient (Wildman–Crippen LogP) is 5.41. The van der Waals surface area contributed by atoms with E-state index in [1.165, 1.54) is 17.4 Å². The lowest BCUT2D eigenvalue weighted by atomic mass is 10.1. The number of nitrogens with one attached hydrogen (secondary N) is 1. The molecule has 9 heteroatoms. The summed E-state index contributed by atoms with van der Waals surface area (Å²) in [6.45, 7) is 2.35. The first-order valence-corrected chi connectivity index (χ1v) is 10.8. The van der Waals surface area contributed by atoms with Crippen molar-refractivity contribution in [2.75, 3.05) is 7.05 Å². The number of hydrogen-bond acceptors (Lipinski definition) is 6. The van der Waals surface area contributed by atoms with Gasteiger partial charge in [0.2, 0.25) is 0 Å². The van der Waals surface area contributed by atoms with Crippen LogP contribution in [0.5, 0.6) is 0 Å². The van der Waals surface area contributed by atoms with Crippen LogP contribution in [-0.4, -0.2) is 26.8 Å². The Morgan fingerprint density at radius 3 is 2.71 bits per heavy atom. The van der Waals surface area contributed by atoms with E-state index in [2.05, 4.69) is 9.97 Å². The molecule has 0 amide bonds. The highest BCUT2D eigenvalue weighted by Gasteiger charge is 2.18. The SMILES string of the molecule is C[C@H](c1cccc([N+](=O)[O-])c1)N(C)Cc1nc2scc(-c3ccc(Cl)cc3)c2c(=O)[nH]1. The van der Waals surface area contributed by atoms with Crippen molar-refractivity contribution < 1.29 is 4.92 Å². The summed E-state index contributed by atoms with van der Waals surface area (Å²) in [5.41, 5.74) is 2.42. The summed E-state index contributed by atoms with van der Waals surface area (Å²) >= 11 is 7.39. The molecule has 0 saturated heterocycles. The quantitative estimate of drug-likeness (QED) is 0.311. The molecule has 0 aliphatic carbocycles. The second-order valence-corrected chi connectivity index (χ2v) is 8.59. The van der Waals surface area contributed by atoms with Gasteiger partial charge < -0.3 is 4.98 Å². The largest absolute Gasteiger partial charge is 0.309 e. The highest BCUT2D eigenvalue weighted by Crippen LogP contribution is 2.31. The summed E-state index contributed by atoms with van der Waals surface area (Å²) in [6.07, 6.45) is 0. The third kappa shape index (κ3) is 4.36. The molecule has 0 spiro atoms. The molecule has 4 rings (SSSR count).